The van der Waals surface area contributed by atoms with Gasteiger partial charge in [-0.05, 0) is 24.6 Å². The van der Waals surface area contributed by atoms with Gasteiger partial charge in [0.25, 0.3) is 0 Å². The number of carbonyl (C=O) groups is 1. The summed E-state index contributed by atoms with van der Waals surface area (Å²) in [5.74, 6) is 0.889. The van der Waals surface area contributed by atoms with Gasteiger partial charge in [0.1, 0.15) is 23.9 Å². The lowest BCUT2D eigenvalue weighted by molar-refractivity contribution is -0.139. The van der Waals surface area contributed by atoms with E-state index < -0.39 is 12.0 Å². The normalized spacial score (nSPS) is 11.5. The van der Waals surface area contributed by atoms with Crippen molar-refractivity contribution in [3.05, 3.63) is 46.6 Å². The van der Waals surface area contributed by atoms with Crippen molar-refractivity contribution in [1.29, 1.82) is 0 Å². The molecule has 0 N–H and O–H groups in total. The van der Waals surface area contributed by atoms with Crippen molar-refractivity contribution in [2.75, 3.05) is 26.1 Å². The summed E-state index contributed by atoms with van der Waals surface area (Å²) < 4.78 is 10.6. The quantitative estimate of drug-likeness (QED) is 0.563. The van der Waals surface area contributed by atoms with Crippen LogP contribution >= 0.6 is 0 Å². The number of rotatable bonds is 7. The molecule has 1 heterocycles. The molecular weight excluding hydrogens is 324 g/mol. The molecule has 0 aliphatic rings. The maximum atomic E-state index is 11.7. The zero-order valence-corrected chi connectivity index (χ0v) is 14.6. The van der Waals surface area contributed by atoms with Crippen LogP contribution in [0.1, 0.15) is 24.1 Å². The zero-order valence-electron chi connectivity index (χ0n) is 14.6. The Kier molecular flexibility index (Phi) is 5.99. The molecule has 2 aromatic rings. The van der Waals surface area contributed by atoms with Crippen LogP contribution in [0.2, 0.25) is 0 Å². The molecule has 8 heteroatoms. The Balaban J connectivity index is 2.40. The van der Waals surface area contributed by atoms with Gasteiger partial charge < -0.3 is 14.4 Å². The second-order valence-electron chi connectivity index (χ2n) is 5.58. The summed E-state index contributed by atoms with van der Waals surface area (Å²) >= 11 is 0. The standard InChI is InChI=1S/C17H20N4O4/c1-11(20-23)12-6-5-7-13(8-12)25-17-14(9-15(22)24-4)16(21(2)3)18-10-19-17/h5-8,10-11H,9H2,1-4H3. The van der Waals surface area contributed by atoms with Crippen molar-refractivity contribution in [2.24, 2.45) is 5.18 Å². The third-order valence-electron chi connectivity index (χ3n) is 3.57. The van der Waals surface area contributed by atoms with Crippen molar-refractivity contribution >= 4 is 11.8 Å². The molecule has 8 nitrogen and oxygen atoms in total. The summed E-state index contributed by atoms with van der Waals surface area (Å²) in [5, 5.41) is 3.01. The smallest absolute Gasteiger partial charge is 0.310 e. The molecule has 1 atom stereocenters. The largest absolute Gasteiger partial charge is 0.469 e. The van der Waals surface area contributed by atoms with E-state index in [1.54, 1.807) is 36.1 Å². The second kappa shape index (κ2) is 8.18. The van der Waals surface area contributed by atoms with Crippen LogP contribution in [0.15, 0.2) is 35.8 Å². The Bertz CT molecular complexity index is 764. The molecule has 0 radical (unpaired) electrons. The predicted octanol–water partition coefficient (Wildman–Crippen LogP) is 2.88. The van der Waals surface area contributed by atoms with Gasteiger partial charge >= 0.3 is 5.97 Å². The first-order valence-electron chi connectivity index (χ1n) is 7.64. The minimum atomic E-state index is -0.485. The Morgan fingerprint density at radius 2 is 2.08 bits per heavy atom. The van der Waals surface area contributed by atoms with E-state index in [9.17, 15) is 9.70 Å². The maximum Gasteiger partial charge on any atom is 0.310 e. The van der Waals surface area contributed by atoms with Gasteiger partial charge in [-0.2, -0.15) is 4.91 Å². The first-order chi connectivity index (χ1) is 12.0. The van der Waals surface area contributed by atoms with Gasteiger partial charge in [0, 0.05) is 14.1 Å². The Morgan fingerprint density at radius 3 is 2.72 bits per heavy atom. The average molecular weight is 344 g/mol. The van der Waals surface area contributed by atoms with E-state index in [0.29, 0.717) is 17.1 Å². The number of benzene rings is 1. The fourth-order valence-electron chi connectivity index (χ4n) is 2.24. The Labute approximate surface area is 145 Å². The van der Waals surface area contributed by atoms with Gasteiger partial charge in [0.15, 0.2) is 0 Å². The number of aromatic nitrogens is 2. The molecule has 2 rings (SSSR count). The maximum absolute atomic E-state index is 11.7. The molecule has 0 bridgehead atoms. The van der Waals surface area contributed by atoms with Crippen molar-refractivity contribution in [3.63, 3.8) is 0 Å². The molecule has 0 amide bonds. The summed E-state index contributed by atoms with van der Waals surface area (Å²) in [6.07, 6.45) is 1.34. The van der Waals surface area contributed by atoms with Crippen LogP contribution in [-0.4, -0.2) is 37.1 Å². The molecule has 0 aliphatic carbocycles. The molecule has 0 fully saturated rings. The molecule has 0 saturated carbocycles. The summed E-state index contributed by atoms with van der Waals surface area (Å²) in [7, 11) is 4.94. The van der Waals surface area contributed by atoms with E-state index in [1.807, 2.05) is 14.1 Å². The molecule has 0 saturated heterocycles. The number of hydrogen-bond donors (Lipinski definition) is 0. The molecule has 132 valence electrons. The highest BCUT2D eigenvalue weighted by atomic mass is 16.5. The lowest BCUT2D eigenvalue weighted by atomic mass is 10.1. The minimum absolute atomic E-state index is 0.0217. The van der Waals surface area contributed by atoms with E-state index in [1.165, 1.54) is 13.4 Å². The number of carbonyl (C=O) groups excluding carboxylic acids is 1. The lowest BCUT2D eigenvalue weighted by Gasteiger charge is -2.18. The van der Waals surface area contributed by atoms with Crippen LogP contribution in [-0.2, 0) is 16.0 Å². The molecule has 1 aromatic heterocycles. The van der Waals surface area contributed by atoms with Crippen LogP contribution in [0.5, 0.6) is 11.6 Å². The SMILES string of the molecule is COC(=O)Cc1c(Oc2cccc(C(C)N=O)c2)ncnc1N(C)C. The molecule has 0 aliphatic heterocycles. The zero-order chi connectivity index (χ0) is 18.4. The number of nitroso groups, excluding NO2 is 1. The summed E-state index contributed by atoms with van der Waals surface area (Å²) in [5.41, 5.74) is 1.25. The number of esters is 1. The Hall–Kier alpha value is -3.03. The minimum Gasteiger partial charge on any atom is -0.469 e. The molecule has 0 spiro atoms. The van der Waals surface area contributed by atoms with E-state index in [-0.39, 0.29) is 12.3 Å². The number of anilines is 1. The average Bonchev–Trinajstić information content (AvgIpc) is 2.62. The topological polar surface area (TPSA) is 94.0 Å². The molecular formula is C17H20N4O4. The first-order valence-corrected chi connectivity index (χ1v) is 7.64. The number of hydrogen-bond acceptors (Lipinski definition) is 8. The number of methoxy groups -OCH3 is 1. The monoisotopic (exact) mass is 344 g/mol. The van der Waals surface area contributed by atoms with Crippen LogP contribution in [0, 0.1) is 4.91 Å². The summed E-state index contributed by atoms with van der Waals surface area (Å²) in [6.45, 7) is 1.70. The predicted molar refractivity (Wildman–Crippen MR) is 92.8 cm³/mol. The lowest BCUT2D eigenvalue weighted by Crippen LogP contribution is -2.17. The van der Waals surface area contributed by atoms with E-state index >= 15 is 0 Å². The summed E-state index contributed by atoms with van der Waals surface area (Å²) in [4.78, 5) is 32.6. The van der Waals surface area contributed by atoms with Gasteiger partial charge in [-0.15, -0.1) is 0 Å². The van der Waals surface area contributed by atoms with E-state index in [2.05, 4.69) is 15.1 Å². The second-order valence-corrected chi connectivity index (χ2v) is 5.58. The van der Waals surface area contributed by atoms with Crippen molar-refractivity contribution in [2.45, 2.75) is 19.4 Å². The van der Waals surface area contributed by atoms with Crippen LogP contribution in [0.25, 0.3) is 0 Å². The fourth-order valence-corrected chi connectivity index (χ4v) is 2.24. The third-order valence-corrected chi connectivity index (χ3v) is 3.57. The van der Waals surface area contributed by atoms with Gasteiger partial charge in [0.2, 0.25) is 5.88 Å². The van der Waals surface area contributed by atoms with Gasteiger partial charge in [-0.3, -0.25) is 4.79 Å². The fraction of sp³-hybridized carbons (Fsp3) is 0.353. The highest BCUT2D eigenvalue weighted by Crippen LogP contribution is 2.30. The van der Waals surface area contributed by atoms with Gasteiger partial charge in [0.05, 0.1) is 19.1 Å². The molecule has 1 unspecified atom stereocenters. The van der Waals surface area contributed by atoms with Crippen molar-refractivity contribution < 1.29 is 14.3 Å². The van der Waals surface area contributed by atoms with Crippen LogP contribution in [0.4, 0.5) is 5.82 Å². The Morgan fingerprint density at radius 1 is 1.32 bits per heavy atom. The highest BCUT2D eigenvalue weighted by molar-refractivity contribution is 5.75. The van der Waals surface area contributed by atoms with Crippen molar-refractivity contribution in [3.8, 4) is 11.6 Å². The number of ether oxygens (including phenoxy) is 2. The van der Waals surface area contributed by atoms with Gasteiger partial charge in [-0.25, -0.2) is 9.97 Å². The third kappa shape index (κ3) is 4.50. The van der Waals surface area contributed by atoms with E-state index in [4.69, 9.17) is 9.47 Å². The van der Waals surface area contributed by atoms with E-state index in [0.717, 1.165) is 5.56 Å². The molecule has 25 heavy (non-hydrogen) atoms. The van der Waals surface area contributed by atoms with Crippen molar-refractivity contribution in [1.82, 2.24) is 9.97 Å². The van der Waals surface area contributed by atoms with Crippen LogP contribution < -0.4 is 9.64 Å². The van der Waals surface area contributed by atoms with Crippen LogP contribution in [0.3, 0.4) is 0 Å². The highest BCUT2D eigenvalue weighted by Gasteiger charge is 2.19. The molecule has 1 aromatic carbocycles. The van der Waals surface area contributed by atoms with Gasteiger partial charge in [-0.1, -0.05) is 17.3 Å². The summed E-state index contributed by atoms with van der Waals surface area (Å²) in [6, 6.07) is 6.52. The first kappa shape index (κ1) is 18.3. The number of nitrogens with zero attached hydrogens (tertiary/aromatic N) is 4.